The van der Waals surface area contributed by atoms with Gasteiger partial charge in [0, 0.05) is 6.42 Å². The van der Waals surface area contributed by atoms with Crippen LogP contribution >= 0.6 is 0 Å². The fraction of sp³-hybridized carbons (Fsp3) is 0.350. The average Bonchev–Trinajstić information content (AvgIpc) is 2.53. The first-order valence-corrected chi connectivity index (χ1v) is 7.92. The lowest BCUT2D eigenvalue weighted by Crippen LogP contribution is -2.15. The van der Waals surface area contributed by atoms with Gasteiger partial charge in [-0.3, -0.25) is 4.79 Å². The first-order chi connectivity index (χ1) is 10.9. The molecule has 1 amide bonds. The molecule has 23 heavy (non-hydrogen) atoms. The highest BCUT2D eigenvalue weighted by Crippen LogP contribution is 2.31. The van der Waals surface area contributed by atoms with Gasteiger partial charge in [-0.2, -0.15) is 0 Å². The molecule has 0 aliphatic heterocycles. The summed E-state index contributed by atoms with van der Waals surface area (Å²) in [7, 11) is 1.62. The van der Waals surface area contributed by atoms with Crippen molar-refractivity contribution >= 4 is 11.6 Å². The number of ether oxygens (including phenoxy) is 1. The van der Waals surface area contributed by atoms with Gasteiger partial charge in [-0.15, -0.1) is 0 Å². The van der Waals surface area contributed by atoms with Crippen LogP contribution in [0.15, 0.2) is 48.5 Å². The number of carbonyl (C=O) groups is 1. The van der Waals surface area contributed by atoms with Crippen molar-refractivity contribution in [3.05, 3.63) is 59.7 Å². The third-order valence-electron chi connectivity index (χ3n) is 3.82. The van der Waals surface area contributed by atoms with E-state index in [0.29, 0.717) is 12.2 Å². The van der Waals surface area contributed by atoms with Gasteiger partial charge in [0.05, 0.1) is 12.8 Å². The van der Waals surface area contributed by atoms with Crippen LogP contribution in [0.2, 0.25) is 0 Å². The zero-order valence-electron chi connectivity index (χ0n) is 14.3. The van der Waals surface area contributed by atoms with E-state index in [9.17, 15) is 4.79 Å². The lowest BCUT2D eigenvalue weighted by Gasteiger charge is -2.21. The van der Waals surface area contributed by atoms with Gasteiger partial charge in [0.25, 0.3) is 0 Å². The predicted molar refractivity (Wildman–Crippen MR) is 95.1 cm³/mol. The standard InChI is InChI=1S/C20H25NO2/c1-20(2,3)16-11-12-18(23-4)17(14-16)21-19(22)13-10-15-8-6-5-7-9-15/h5-9,11-12,14H,10,13H2,1-4H3,(H,21,22). The second-order valence-corrected chi connectivity index (χ2v) is 6.70. The summed E-state index contributed by atoms with van der Waals surface area (Å²) in [5, 5.41) is 2.98. The predicted octanol–water partition coefficient (Wildman–Crippen LogP) is 4.56. The van der Waals surface area contributed by atoms with Crippen LogP contribution in [0.5, 0.6) is 5.75 Å². The molecule has 0 aliphatic rings. The molecule has 0 bridgehead atoms. The summed E-state index contributed by atoms with van der Waals surface area (Å²) < 4.78 is 5.36. The van der Waals surface area contributed by atoms with Crippen molar-refractivity contribution in [2.45, 2.75) is 39.0 Å². The van der Waals surface area contributed by atoms with Crippen LogP contribution in [-0.4, -0.2) is 13.0 Å². The van der Waals surface area contributed by atoms with Crippen molar-refractivity contribution in [2.75, 3.05) is 12.4 Å². The van der Waals surface area contributed by atoms with Crippen molar-refractivity contribution in [1.29, 1.82) is 0 Å². The third-order valence-corrected chi connectivity index (χ3v) is 3.82. The van der Waals surface area contributed by atoms with Gasteiger partial charge < -0.3 is 10.1 Å². The van der Waals surface area contributed by atoms with Gasteiger partial charge in [-0.1, -0.05) is 57.2 Å². The van der Waals surface area contributed by atoms with Crippen LogP contribution in [0.1, 0.15) is 38.3 Å². The maximum absolute atomic E-state index is 12.2. The molecule has 0 aromatic heterocycles. The molecule has 2 rings (SSSR count). The molecule has 0 saturated heterocycles. The molecule has 0 unspecified atom stereocenters. The van der Waals surface area contributed by atoms with Crippen LogP contribution < -0.4 is 10.1 Å². The summed E-state index contributed by atoms with van der Waals surface area (Å²) in [6.45, 7) is 6.45. The largest absolute Gasteiger partial charge is 0.495 e. The van der Waals surface area contributed by atoms with E-state index < -0.39 is 0 Å². The normalized spacial score (nSPS) is 11.1. The van der Waals surface area contributed by atoms with E-state index in [1.165, 1.54) is 0 Å². The number of amides is 1. The van der Waals surface area contributed by atoms with Gasteiger partial charge in [0.2, 0.25) is 5.91 Å². The minimum atomic E-state index is -0.00166. The maximum atomic E-state index is 12.2. The molecule has 0 fully saturated rings. The minimum absolute atomic E-state index is 0.00166. The van der Waals surface area contributed by atoms with Crippen molar-refractivity contribution < 1.29 is 9.53 Å². The molecule has 0 radical (unpaired) electrons. The number of methoxy groups -OCH3 is 1. The van der Waals surface area contributed by atoms with Gasteiger partial charge in [0.15, 0.2) is 0 Å². The lowest BCUT2D eigenvalue weighted by molar-refractivity contribution is -0.116. The molecule has 1 N–H and O–H groups in total. The summed E-state index contributed by atoms with van der Waals surface area (Å²) in [5.41, 5.74) is 3.09. The molecule has 2 aromatic carbocycles. The molecule has 2 aromatic rings. The Kier molecular flexibility index (Phi) is 5.43. The van der Waals surface area contributed by atoms with E-state index in [2.05, 4.69) is 26.1 Å². The minimum Gasteiger partial charge on any atom is -0.495 e. The number of anilines is 1. The Morgan fingerprint density at radius 2 is 1.78 bits per heavy atom. The Morgan fingerprint density at radius 1 is 1.09 bits per heavy atom. The van der Waals surface area contributed by atoms with E-state index in [0.717, 1.165) is 23.2 Å². The molecule has 0 spiro atoms. The highest BCUT2D eigenvalue weighted by Gasteiger charge is 2.16. The summed E-state index contributed by atoms with van der Waals surface area (Å²) in [6.07, 6.45) is 1.18. The Morgan fingerprint density at radius 3 is 2.39 bits per heavy atom. The quantitative estimate of drug-likeness (QED) is 0.879. The van der Waals surface area contributed by atoms with E-state index >= 15 is 0 Å². The number of hydrogen-bond donors (Lipinski definition) is 1. The first-order valence-electron chi connectivity index (χ1n) is 7.92. The average molecular weight is 311 g/mol. The Labute approximate surface area is 138 Å². The summed E-state index contributed by atoms with van der Waals surface area (Å²) in [5.74, 6) is 0.685. The highest BCUT2D eigenvalue weighted by atomic mass is 16.5. The smallest absolute Gasteiger partial charge is 0.224 e. The molecular formula is C20H25NO2. The van der Waals surface area contributed by atoms with Gasteiger partial charge in [-0.25, -0.2) is 0 Å². The topological polar surface area (TPSA) is 38.3 Å². The van der Waals surface area contributed by atoms with Crippen molar-refractivity contribution in [3.63, 3.8) is 0 Å². The second-order valence-electron chi connectivity index (χ2n) is 6.70. The molecule has 122 valence electrons. The Bertz CT molecular complexity index is 657. The monoisotopic (exact) mass is 311 g/mol. The van der Waals surface area contributed by atoms with E-state index in [-0.39, 0.29) is 11.3 Å². The molecule has 0 heterocycles. The Hall–Kier alpha value is -2.29. The number of rotatable bonds is 5. The van der Waals surface area contributed by atoms with Crippen molar-refractivity contribution in [2.24, 2.45) is 0 Å². The van der Waals surface area contributed by atoms with Crippen LogP contribution in [0.4, 0.5) is 5.69 Å². The summed E-state index contributed by atoms with van der Waals surface area (Å²) in [4.78, 5) is 12.2. The molecule has 0 saturated carbocycles. The zero-order chi connectivity index (χ0) is 16.9. The number of carbonyl (C=O) groups excluding carboxylic acids is 1. The van der Waals surface area contributed by atoms with Crippen LogP contribution in [0.25, 0.3) is 0 Å². The Balaban J connectivity index is 2.07. The number of aryl methyl sites for hydroxylation is 1. The van der Waals surface area contributed by atoms with Crippen molar-refractivity contribution in [3.8, 4) is 5.75 Å². The number of hydrogen-bond acceptors (Lipinski definition) is 2. The van der Waals surface area contributed by atoms with Crippen LogP contribution in [0.3, 0.4) is 0 Å². The van der Waals surface area contributed by atoms with Crippen molar-refractivity contribution in [1.82, 2.24) is 0 Å². The van der Waals surface area contributed by atoms with Crippen LogP contribution in [0, 0.1) is 0 Å². The third kappa shape index (κ3) is 4.85. The highest BCUT2D eigenvalue weighted by molar-refractivity contribution is 5.92. The molecular weight excluding hydrogens is 286 g/mol. The van der Waals surface area contributed by atoms with Gasteiger partial charge in [0.1, 0.15) is 5.75 Å². The molecule has 3 heteroatoms. The zero-order valence-corrected chi connectivity index (χ0v) is 14.3. The SMILES string of the molecule is COc1ccc(C(C)(C)C)cc1NC(=O)CCc1ccccc1. The molecule has 3 nitrogen and oxygen atoms in total. The number of benzene rings is 2. The van der Waals surface area contributed by atoms with Crippen LogP contribution in [-0.2, 0) is 16.6 Å². The van der Waals surface area contributed by atoms with Gasteiger partial charge >= 0.3 is 0 Å². The summed E-state index contributed by atoms with van der Waals surface area (Å²) >= 11 is 0. The fourth-order valence-corrected chi connectivity index (χ4v) is 2.39. The maximum Gasteiger partial charge on any atom is 0.224 e. The molecule has 0 atom stereocenters. The fourth-order valence-electron chi connectivity index (χ4n) is 2.39. The van der Waals surface area contributed by atoms with E-state index in [1.54, 1.807) is 7.11 Å². The first kappa shape index (κ1) is 17.1. The number of nitrogens with one attached hydrogen (secondary N) is 1. The van der Waals surface area contributed by atoms with E-state index in [1.807, 2.05) is 48.5 Å². The van der Waals surface area contributed by atoms with E-state index in [4.69, 9.17) is 4.74 Å². The molecule has 0 aliphatic carbocycles. The van der Waals surface area contributed by atoms with Gasteiger partial charge in [-0.05, 0) is 35.1 Å². The summed E-state index contributed by atoms with van der Waals surface area (Å²) in [6, 6.07) is 16.0. The lowest BCUT2D eigenvalue weighted by atomic mass is 9.87. The second kappa shape index (κ2) is 7.32.